The second-order valence-corrected chi connectivity index (χ2v) is 7.85. The molecule has 2 aromatic heterocycles. The normalized spacial score (nSPS) is 19.6. The van der Waals surface area contributed by atoms with E-state index in [4.69, 9.17) is 9.15 Å². The lowest BCUT2D eigenvalue weighted by molar-refractivity contribution is -0.153. The molecule has 9 heteroatoms. The number of thioether (sulfide) groups is 1. The van der Waals surface area contributed by atoms with Crippen molar-refractivity contribution in [1.82, 2.24) is 19.7 Å². The number of rotatable bonds is 7. The van der Waals surface area contributed by atoms with E-state index in [1.165, 1.54) is 11.8 Å². The molecule has 0 unspecified atom stereocenters. The summed E-state index contributed by atoms with van der Waals surface area (Å²) in [5.41, 5.74) is 0. The molecule has 0 N–H and O–H groups in total. The standard InChI is InChI=1S/C19H26N4O4S/c1-4-22-18(15-9-6-10-26-15)20-21-19(22)28-12-17(25)27-11-16(24)23-13(2)7-5-8-14(23)3/h6,9-10,13-14H,4-5,7-8,11-12H2,1-3H3/t13-,14-/m1/s1. The van der Waals surface area contributed by atoms with Crippen LogP contribution >= 0.6 is 11.8 Å². The van der Waals surface area contributed by atoms with E-state index in [0.29, 0.717) is 23.3 Å². The third-order valence-corrected chi connectivity index (χ3v) is 5.87. The Morgan fingerprint density at radius 2 is 2.04 bits per heavy atom. The first-order chi connectivity index (χ1) is 13.5. The van der Waals surface area contributed by atoms with Crippen LogP contribution in [-0.4, -0.2) is 56.0 Å². The number of amides is 1. The van der Waals surface area contributed by atoms with Gasteiger partial charge in [-0.15, -0.1) is 10.2 Å². The van der Waals surface area contributed by atoms with Crippen LogP contribution in [0.1, 0.15) is 40.0 Å². The fraction of sp³-hybridized carbons (Fsp3) is 0.579. The number of ether oxygens (including phenoxy) is 1. The molecule has 1 aliphatic heterocycles. The monoisotopic (exact) mass is 406 g/mol. The summed E-state index contributed by atoms with van der Waals surface area (Å²) in [7, 11) is 0. The first kappa shape index (κ1) is 20.4. The van der Waals surface area contributed by atoms with Gasteiger partial charge in [0.1, 0.15) is 0 Å². The van der Waals surface area contributed by atoms with Gasteiger partial charge in [0.05, 0.1) is 12.0 Å². The lowest BCUT2D eigenvalue weighted by atomic mass is 9.97. The number of likely N-dealkylation sites (tertiary alicyclic amines) is 1. The van der Waals surface area contributed by atoms with E-state index in [2.05, 4.69) is 10.2 Å². The predicted octanol–water partition coefficient (Wildman–Crippen LogP) is 2.98. The molecule has 0 radical (unpaired) electrons. The SMILES string of the molecule is CCn1c(SCC(=O)OCC(=O)N2[C@H](C)CCC[C@H]2C)nnc1-c1ccco1. The van der Waals surface area contributed by atoms with Gasteiger partial charge < -0.3 is 14.1 Å². The van der Waals surface area contributed by atoms with Gasteiger partial charge in [0.25, 0.3) is 5.91 Å². The molecule has 0 bridgehead atoms. The summed E-state index contributed by atoms with van der Waals surface area (Å²) < 4.78 is 12.4. The molecule has 0 aromatic carbocycles. The highest BCUT2D eigenvalue weighted by Crippen LogP contribution is 2.25. The molecule has 0 saturated carbocycles. The molecule has 1 saturated heterocycles. The molecular formula is C19H26N4O4S. The van der Waals surface area contributed by atoms with Gasteiger partial charge in [-0.1, -0.05) is 11.8 Å². The van der Waals surface area contributed by atoms with Crippen LogP contribution in [0.3, 0.4) is 0 Å². The van der Waals surface area contributed by atoms with E-state index in [-0.39, 0.29) is 30.4 Å². The van der Waals surface area contributed by atoms with Crippen molar-refractivity contribution in [2.45, 2.75) is 63.8 Å². The second kappa shape index (κ2) is 9.27. The molecular weight excluding hydrogens is 380 g/mol. The highest BCUT2D eigenvalue weighted by atomic mass is 32.2. The molecule has 3 heterocycles. The van der Waals surface area contributed by atoms with E-state index in [0.717, 1.165) is 19.3 Å². The van der Waals surface area contributed by atoms with E-state index in [9.17, 15) is 9.59 Å². The van der Waals surface area contributed by atoms with Gasteiger partial charge in [0.15, 0.2) is 23.3 Å². The number of aromatic nitrogens is 3. The molecule has 2 aromatic rings. The van der Waals surface area contributed by atoms with Gasteiger partial charge in [-0.05, 0) is 52.2 Å². The van der Waals surface area contributed by atoms with Gasteiger partial charge in [-0.2, -0.15) is 0 Å². The molecule has 8 nitrogen and oxygen atoms in total. The smallest absolute Gasteiger partial charge is 0.316 e. The third-order valence-electron chi connectivity index (χ3n) is 4.93. The van der Waals surface area contributed by atoms with Gasteiger partial charge in [-0.25, -0.2) is 0 Å². The van der Waals surface area contributed by atoms with Crippen molar-refractivity contribution in [3.05, 3.63) is 18.4 Å². The lowest BCUT2D eigenvalue weighted by Crippen LogP contribution is -2.49. The Kier molecular flexibility index (Phi) is 6.77. The van der Waals surface area contributed by atoms with Crippen molar-refractivity contribution in [2.75, 3.05) is 12.4 Å². The van der Waals surface area contributed by atoms with Gasteiger partial charge >= 0.3 is 5.97 Å². The maximum Gasteiger partial charge on any atom is 0.316 e. The first-order valence-electron chi connectivity index (χ1n) is 9.58. The second-order valence-electron chi connectivity index (χ2n) is 6.91. The zero-order valence-corrected chi connectivity index (χ0v) is 17.3. The summed E-state index contributed by atoms with van der Waals surface area (Å²) in [5, 5.41) is 8.89. The number of esters is 1. The maximum absolute atomic E-state index is 12.4. The van der Waals surface area contributed by atoms with Gasteiger partial charge in [0.2, 0.25) is 0 Å². The van der Waals surface area contributed by atoms with Crippen LogP contribution in [0.25, 0.3) is 11.6 Å². The Bertz CT molecular complexity index is 795. The number of carbonyl (C=O) groups is 2. The van der Waals surface area contributed by atoms with Crippen molar-refractivity contribution in [2.24, 2.45) is 0 Å². The van der Waals surface area contributed by atoms with Gasteiger partial charge in [0, 0.05) is 18.6 Å². The number of carbonyl (C=O) groups excluding carboxylic acids is 2. The summed E-state index contributed by atoms with van der Waals surface area (Å²) in [6, 6.07) is 3.97. The van der Waals surface area contributed by atoms with Crippen molar-refractivity contribution < 1.29 is 18.7 Å². The lowest BCUT2D eigenvalue weighted by Gasteiger charge is -2.38. The minimum absolute atomic E-state index is 0.0642. The zero-order valence-electron chi connectivity index (χ0n) is 16.5. The van der Waals surface area contributed by atoms with Crippen LogP contribution < -0.4 is 0 Å². The molecule has 1 fully saturated rings. The van der Waals surface area contributed by atoms with Crippen LogP contribution in [0.2, 0.25) is 0 Å². The van der Waals surface area contributed by atoms with E-state index >= 15 is 0 Å². The van der Waals surface area contributed by atoms with Gasteiger partial charge in [-0.3, -0.25) is 14.2 Å². The fourth-order valence-corrected chi connectivity index (χ4v) is 4.36. The van der Waals surface area contributed by atoms with Crippen LogP contribution in [0.15, 0.2) is 28.0 Å². The molecule has 152 valence electrons. The van der Waals surface area contributed by atoms with Crippen molar-refractivity contribution in [1.29, 1.82) is 0 Å². The van der Waals surface area contributed by atoms with E-state index in [1.807, 2.05) is 36.3 Å². The largest absolute Gasteiger partial charge is 0.461 e. The average molecular weight is 407 g/mol. The molecule has 0 spiro atoms. The molecule has 28 heavy (non-hydrogen) atoms. The Balaban J connectivity index is 1.51. The third kappa shape index (κ3) is 4.57. The van der Waals surface area contributed by atoms with Crippen LogP contribution in [0, 0.1) is 0 Å². The van der Waals surface area contributed by atoms with E-state index in [1.54, 1.807) is 12.3 Å². The number of nitrogens with zero attached hydrogens (tertiary/aromatic N) is 4. The van der Waals surface area contributed by atoms with Crippen molar-refractivity contribution >= 4 is 23.6 Å². The Morgan fingerprint density at radius 1 is 1.29 bits per heavy atom. The number of piperidine rings is 1. The summed E-state index contributed by atoms with van der Waals surface area (Å²) >= 11 is 1.23. The topological polar surface area (TPSA) is 90.5 Å². The maximum atomic E-state index is 12.4. The molecule has 3 rings (SSSR count). The number of furan rings is 1. The highest BCUT2D eigenvalue weighted by molar-refractivity contribution is 7.99. The van der Waals surface area contributed by atoms with Crippen molar-refractivity contribution in [3.8, 4) is 11.6 Å². The molecule has 1 amide bonds. The molecule has 0 aliphatic carbocycles. The summed E-state index contributed by atoms with van der Waals surface area (Å²) in [5.74, 6) is 0.732. The molecule has 2 atom stereocenters. The van der Waals surface area contributed by atoms with Crippen LogP contribution in [-0.2, 0) is 20.9 Å². The van der Waals surface area contributed by atoms with Crippen LogP contribution in [0.5, 0.6) is 0 Å². The molecule has 1 aliphatic rings. The minimum atomic E-state index is -0.444. The van der Waals surface area contributed by atoms with Crippen molar-refractivity contribution in [3.63, 3.8) is 0 Å². The number of hydrogen-bond acceptors (Lipinski definition) is 7. The summed E-state index contributed by atoms with van der Waals surface area (Å²) in [6.07, 6.45) is 4.69. The predicted molar refractivity (Wildman–Crippen MR) is 105 cm³/mol. The minimum Gasteiger partial charge on any atom is -0.461 e. The fourth-order valence-electron chi connectivity index (χ4n) is 3.56. The Labute approximate surface area is 168 Å². The highest BCUT2D eigenvalue weighted by Gasteiger charge is 2.29. The number of hydrogen-bond donors (Lipinski definition) is 0. The zero-order chi connectivity index (χ0) is 20.1. The van der Waals surface area contributed by atoms with E-state index < -0.39 is 5.97 Å². The quantitative estimate of drug-likeness (QED) is 0.516. The first-order valence-corrected chi connectivity index (χ1v) is 10.6. The summed E-state index contributed by atoms with van der Waals surface area (Å²) in [4.78, 5) is 26.4. The summed E-state index contributed by atoms with van der Waals surface area (Å²) in [6.45, 7) is 6.48. The Morgan fingerprint density at radius 3 is 2.68 bits per heavy atom. The average Bonchev–Trinajstić information content (AvgIpc) is 3.33. The Hall–Kier alpha value is -2.29. The van der Waals surface area contributed by atoms with Crippen LogP contribution in [0.4, 0.5) is 0 Å².